The Bertz CT molecular complexity index is 1500. The number of hydrogen-bond donors (Lipinski definition) is 2. The molecule has 0 bridgehead atoms. The van der Waals surface area contributed by atoms with E-state index in [1.807, 2.05) is 20.8 Å². The fourth-order valence-corrected chi connectivity index (χ4v) is 6.43. The van der Waals surface area contributed by atoms with Gasteiger partial charge in [0.15, 0.2) is 9.84 Å². The van der Waals surface area contributed by atoms with Crippen molar-refractivity contribution in [2.24, 2.45) is 0 Å². The van der Waals surface area contributed by atoms with Gasteiger partial charge in [0, 0.05) is 35.6 Å². The quantitative estimate of drug-likeness (QED) is 0.297. The van der Waals surface area contributed by atoms with Gasteiger partial charge < -0.3 is 15.4 Å². The lowest BCUT2D eigenvalue weighted by Crippen LogP contribution is -2.42. The monoisotopic (exact) mass is 600 g/mol. The molecule has 0 unspecified atom stereocenters. The summed E-state index contributed by atoms with van der Waals surface area (Å²) in [5.74, 6) is -0.591. The van der Waals surface area contributed by atoms with Crippen molar-refractivity contribution in [2.75, 3.05) is 5.32 Å². The van der Waals surface area contributed by atoms with Gasteiger partial charge in [-0.3, -0.25) is 0 Å². The normalized spacial score (nSPS) is 17.8. The van der Waals surface area contributed by atoms with Crippen LogP contribution in [0.5, 0.6) is 0 Å². The molecular formula is C30H34ClFN4O4S. The average molecular weight is 601 g/mol. The number of aromatic nitrogens is 2. The molecule has 0 saturated heterocycles. The van der Waals surface area contributed by atoms with Gasteiger partial charge in [0.2, 0.25) is 5.95 Å². The van der Waals surface area contributed by atoms with Crippen LogP contribution in [0.3, 0.4) is 0 Å². The standard InChI is InChI=1S/C30H34ClFN4O4S/c1-30(2,3)40-29(37)36-24-14-12-23(13-15-24)35-28-33-17-21(18-34-28)9-8-20-10-11-22(26(32)16-20)19-41(38,39)27-7-5-4-6-25(27)31/h4-11,16-18,23-24H,12-15,19H2,1-3H3,(H,36,37)(H,33,34,35)/b9-8+. The zero-order valence-corrected chi connectivity index (χ0v) is 24.8. The second kappa shape index (κ2) is 13.0. The molecule has 3 aromatic rings. The number of hydrogen-bond acceptors (Lipinski definition) is 7. The molecule has 1 fully saturated rings. The van der Waals surface area contributed by atoms with Crippen LogP contribution < -0.4 is 10.6 Å². The maximum absolute atomic E-state index is 14.8. The van der Waals surface area contributed by atoms with Gasteiger partial charge in [0.25, 0.3) is 0 Å². The second-order valence-electron chi connectivity index (χ2n) is 11.1. The molecule has 8 nitrogen and oxygen atoms in total. The van der Waals surface area contributed by atoms with Crippen molar-refractivity contribution in [1.29, 1.82) is 0 Å². The van der Waals surface area contributed by atoms with E-state index in [-0.39, 0.29) is 33.7 Å². The Balaban J connectivity index is 1.28. The number of anilines is 1. The molecule has 2 N–H and O–H groups in total. The van der Waals surface area contributed by atoms with Crippen molar-refractivity contribution in [3.8, 4) is 0 Å². The minimum atomic E-state index is -3.80. The van der Waals surface area contributed by atoms with Crippen molar-refractivity contribution in [3.63, 3.8) is 0 Å². The summed E-state index contributed by atoms with van der Waals surface area (Å²) in [4.78, 5) is 20.7. The summed E-state index contributed by atoms with van der Waals surface area (Å²) < 4.78 is 45.5. The Morgan fingerprint density at radius 2 is 1.66 bits per heavy atom. The van der Waals surface area contributed by atoms with Crippen LogP contribution in [0.4, 0.5) is 15.1 Å². The van der Waals surface area contributed by atoms with Gasteiger partial charge in [-0.05, 0) is 70.2 Å². The highest BCUT2D eigenvalue weighted by molar-refractivity contribution is 7.90. The van der Waals surface area contributed by atoms with E-state index in [0.29, 0.717) is 11.5 Å². The molecule has 1 amide bonds. The highest BCUT2D eigenvalue weighted by atomic mass is 35.5. The number of halogens is 2. The number of nitrogens with one attached hydrogen (secondary N) is 2. The predicted molar refractivity (Wildman–Crippen MR) is 159 cm³/mol. The van der Waals surface area contributed by atoms with Crippen molar-refractivity contribution in [3.05, 3.63) is 82.4 Å². The molecule has 4 rings (SSSR count). The van der Waals surface area contributed by atoms with E-state index in [2.05, 4.69) is 20.6 Å². The molecule has 1 aromatic heterocycles. The number of rotatable bonds is 8. The number of amides is 1. The maximum Gasteiger partial charge on any atom is 0.407 e. The minimum Gasteiger partial charge on any atom is -0.444 e. The number of carbonyl (C=O) groups is 1. The van der Waals surface area contributed by atoms with Crippen LogP contribution in [-0.4, -0.2) is 42.2 Å². The molecule has 1 saturated carbocycles. The number of ether oxygens (including phenoxy) is 1. The van der Waals surface area contributed by atoms with Crippen LogP contribution >= 0.6 is 11.6 Å². The first kappa shape index (κ1) is 30.5. The number of carbonyl (C=O) groups excluding carboxylic acids is 1. The van der Waals surface area contributed by atoms with E-state index in [4.69, 9.17) is 16.3 Å². The first-order valence-electron chi connectivity index (χ1n) is 13.4. The summed E-state index contributed by atoms with van der Waals surface area (Å²) in [7, 11) is -3.80. The maximum atomic E-state index is 14.8. The Labute approximate surface area is 245 Å². The van der Waals surface area contributed by atoms with Gasteiger partial charge in [-0.15, -0.1) is 0 Å². The molecule has 0 radical (unpaired) electrons. The van der Waals surface area contributed by atoms with Gasteiger partial charge in [0.05, 0.1) is 15.7 Å². The molecule has 41 heavy (non-hydrogen) atoms. The fraction of sp³-hybridized carbons (Fsp3) is 0.367. The first-order valence-corrected chi connectivity index (χ1v) is 15.4. The fourth-order valence-electron chi connectivity index (χ4n) is 4.49. The van der Waals surface area contributed by atoms with E-state index in [9.17, 15) is 17.6 Å². The van der Waals surface area contributed by atoms with E-state index < -0.39 is 27.0 Å². The van der Waals surface area contributed by atoms with Crippen LogP contribution in [0.25, 0.3) is 12.2 Å². The number of benzene rings is 2. The predicted octanol–water partition coefficient (Wildman–Crippen LogP) is 6.66. The minimum absolute atomic E-state index is 0.0223. The van der Waals surface area contributed by atoms with Gasteiger partial charge in [-0.2, -0.15) is 0 Å². The molecule has 1 aliphatic carbocycles. The first-order chi connectivity index (χ1) is 19.4. The molecule has 218 valence electrons. The molecule has 0 atom stereocenters. The Hall–Kier alpha value is -3.50. The lowest BCUT2D eigenvalue weighted by Gasteiger charge is -2.30. The van der Waals surface area contributed by atoms with Crippen LogP contribution in [0.1, 0.15) is 63.1 Å². The molecule has 1 aliphatic rings. The molecule has 1 heterocycles. The Morgan fingerprint density at radius 3 is 2.29 bits per heavy atom. The molecule has 0 spiro atoms. The summed E-state index contributed by atoms with van der Waals surface area (Å²) in [5, 5.41) is 6.39. The van der Waals surface area contributed by atoms with E-state index >= 15 is 0 Å². The van der Waals surface area contributed by atoms with E-state index in [1.165, 1.54) is 24.3 Å². The summed E-state index contributed by atoms with van der Waals surface area (Å²) in [6.07, 6.45) is 9.82. The molecule has 2 aromatic carbocycles. The highest BCUT2D eigenvalue weighted by Crippen LogP contribution is 2.26. The molecule has 0 aliphatic heterocycles. The lowest BCUT2D eigenvalue weighted by molar-refractivity contribution is 0.0492. The number of sulfone groups is 1. The van der Waals surface area contributed by atoms with Crippen molar-refractivity contribution in [1.82, 2.24) is 15.3 Å². The summed E-state index contributed by atoms with van der Waals surface area (Å²) in [6, 6.07) is 10.8. The SMILES string of the molecule is CC(C)(C)OC(=O)NC1CCC(Nc2ncc(/C=C/c3ccc(CS(=O)(=O)c4ccccc4Cl)c(F)c3)cn2)CC1. The largest absolute Gasteiger partial charge is 0.444 e. The van der Waals surface area contributed by atoms with E-state index in [1.54, 1.807) is 42.7 Å². The number of alkyl carbamates (subject to hydrolysis) is 1. The summed E-state index contributed by atoms with van der Waals surface area (Å²) >= 11 is 6.02. The van der Waals surface area contributed by atoms with Crippen LogP contribution in [0, 0.1) is 5.82 Å². The van der Waals surface area contributed by atoms with Crippen LogP contribution in [-0.2, 0) is 20.3 Å². The van der Waals surface area contributed by atoms with Crippen molar-refractivity contribution >= 4 is 45.6 Å². The van der Waals surface area contributed by atoms with Gasteiger partial charge in [0.1, 0.15) is 11.4 Å². The van der Waals surface area contributed by atoms with Crippen molar-refractivity contribution in [2.45, 2.75) is 74.8 Å². The van der Waals surface area contributed by atoms with Crippen LogP contribution in [0.2, 0.25) is 5.02 Å². The van der Waals surface area contributed by atoms with Gasteiger partial charge >= 0.3 is 6.09 Å². The van der Waals surface area contributed by atoms with Crippen LogP contribution in [0.15, 0.2) is 59.8 Å². The average Bonchev–Trinajstić information content (AvgIpc) is 2.90. The third-order valence-corrected chi connectivity index (χ3v) is 8.67. The number of nitrogens with zero attached hydrogens (tertiary/aromatic N) is 2. The zero-order chi connectivity index (χ0) is 29.6. The Kier molecular flexibility index (Phi) is 9.65. The van der Waals surface area contributed by atoms with Crippen molar-refractivity contribution < 1.29 is 22.3 Å². The molecule has 11 heteroatoms. The van der Waals surface area contributed by atoms with Gasteiger partial charge in [-0.1, -0.05) is 48.0 Å². The zero-order valence-electron chi connectivity index (χ0n) is 23.2. The lowest BCUT2D eigenvalue weighted by atomic mass is 9.91. The smallest absolute Gasteiger partial charge is 0.407 e. The highest BCUT2D eigenvalue weighted by Gasteiger charge is 2.25. The van der Waals surface area contributed by atoms with E-state index in [0.717, 1.165) is 31.2 Å². The molecular weight excluding hydrogens is 567 g/mol. The summed E-state index contributed by atoms with van der Waals surface area (Å²) in [5.41, 5.74) is 0.842. The summed E-state index contributed by atoms with van der Waals surface area (Å²) in [6.45, 7) is 5.52. The topological polar surface area (TPSA) is 110 Å². The Morgan fingerprint density at radius 1 is 1.02 bits per heavy atom. The van der Waals surface area contributed by atoms with Gasteiger partial charge in [-0.25, -0.2) is 27.6 Å². The third kappa shape index (κ3) is 8.99. The third-order valence-electron chi connectivity index (χ3n) is 6.52. The second-order valence-corrected chi connectivity index (χ2v) is 13.4.